The molecule has 1 aromatic heterocycles. The number of methoxy groups -OCH3 is 1. The molecule has 1 heterocycles. The van der Waals surface area contributed by atoms with Crippen molar-refractivity contribution in [2.45, 2.75) is 19.6 Å². The number of rotatable bonds is 7. The Hall–Kier alpha value is -3.35. The number of aromatic nitrogens is 2. The highest BCUT2D eigenvalue weighted by Gasteiger charge is 2.16. The standard InChI is InChI=1S/C19H19N3O4/c1-13(25-16-6-4-3-5-7-16)19(23)20-12-17-21-18(22-26-17)14-8-10-15(24-2)11-9-14/h3-11,13H,12H2,1-2H3,(H,20,23)/t13-/m1/s1. The first-order valence-electron chi connectivity index (χ1n) is 8.12. The van der Waals surface area contributed by atoms with Gasteiger partial charge in [-0.3, -0.25) is 4.79 Å². The van der Waals surface area contributed by atoms with Crippen LogP contribution in [-0.2, 0) is 11.3 Å². The molecule has 0 aliphatic heterocycles. The van der Waals surface area contributed by atoms with Crippen LogP contribution in [0.1, 0.15) is 12.8 Å². The molecular weight excluding hydrogens is 334 g/mol. The molecule has 1 amide bonds. The van der Waals surface area contributed by atoms with Crippen molar-refractivity contribution in [3.8, 4) is 22.9 Å². The average Bonchev–Trinajstić information content (AvgIpc) is 3.16. The van der Waals surface area contributed by atoms with Gasteiger partial charge in [0.1, 0.15) is 11.5 Å². The fourth-order valence-corrected chi connectivity index (χ4v) is 2.25. The number of hydrogen-bond donors (Lipinski definition) is 1. The number of amides is 1. The van der Waals surface area contributed by atoms with E-state index in [0.29, 0.717) is 17.5 Å². The monoisotopic (exact) mass is 353 g/mol. The number of hydrogen-bond acceptors (Lipinski definition) is 6. The van der Waals surface area contributed by atoms with Gasteiger partial charge in [0, 0.05) is 5.56 Å². The molecule has 0 saturated heterocycles. The van der Waals surface area contributed by atoms with E-state index in [0.717, 1.165) is 11.3 Å². The highest BCUT2D eigenvalue weighted by molar-refractivity contribution is 5.80. The molecule has 3 aromatic rings. The van der Waals surface area contributed by atoms with Crippen molar-refractivity contribution in [3.05, 3.63) is 60.5 Å². The lowest BCUT2D eigenvalue weighted by Crippen LogP contribution is -2.35. The van der Waals surface area contributed by atoms with Crippen LogP contribution in [0.3, 0.4) is 0 Å². The second-order valence-corrected chi connectivity index (χ2v) is 5.53. The number of carbonyl (C=O) groups excluding carboxylic acids is 1. The lowest BCUT2D eigenvalue weighted by molar-refractivity contribution is -0.127. The van der Waals surface area contributed by atoms with E-state index in [1.807, 2.05) is 42.5 Å². The summed E-state index contributed by atoms with van der Waals surface area (Å²) < 4.78 is 15.9. The zero-order valence-electron chi connectivity index (χ0n) is 14.5. The molecule has 7 nitrogen and oxygen atoms in total. The fraction of sp³-hybridized carbons (Fsp3) is 0.211. The average molecular weight is 353 g/mol. The van der Waals surface area contributed by atoms with Crippen molar-refractivity contribution in [2.75, 3.05) is 7.11 Å². The van der Waals surface area contributed by atoms with E-state index in [-0.39, 0.29) is 12.5 Å². The van der Waals surface area contributed by atoms with Crippen LogP contribution in [0, 0.1) is 0 Å². The quantitative estimate of drug-likeness (QED) is 0.703. The van der Waals surface area contributed by atoms with Crippen molar-refractivity contribution in [2.24, 2.45) is 0 Å². The molecule has 0 saturated carbocycles. The van der Waals surface area contributed by atoms with Gasteiger partial charge >= 0.3 is 0 Å². The molecule has 3 rings (SSSR count). The van der Waals surface area contributed by atoms with Gasteiger partial charge in [0.25, 0.3) is 5.91 Å². The first-order valence-corrected chi connectivity index (χ1v) is 8.12. The molecule has 134 valence electrons. The first kappa shape index (κ1) is 17.5. The summed E-state index contributed by atoms with van der Waals surface area (Å²) in [5, 5.41) is 6.64. The van der Waals surface area contributed by atoms with E-state index in [1.165, 1.54) is 0 Å². The van der Waals surface area contributed by atoms with E-state index in [4.69, 9.17) is 14.0 Å². The number of carbonyl (C=O) groups is 1. The number of para-hydroxylation sites is 1. The number of nitrogens with zero attached hydrogens (tertiary/aromatic N) is 2. The second kappa shape index (κ2) is 8.15. The lowest BCUT2D eigenvalue weighted by Gasteiger charge is -2.13. The molecule has 0 aliphatic carbocycles. The maximum absolute atomic E-state index is 12.1. The Morgan fingerprint density at radius 2 is 1.85 bits per heavy atom. The maximum atomic E-state index is 12.1. The highest BCUT2D eigenvalue weighted by atomic mass is 16.5. The van der Waals surface area contributed by atoms with Crippen molar-refractivity contribution in [3.63, 3.8) is 0 Å². The second-order valence-electron chi connectivity index (χ2n) is 5.53. The summed E-state index contributed by atoms with van der Waals surface area (Å²) in [5.74, 6) is 1.88. The smallest absolute Gasteiger partial charge is 0.261 e. The SMILES string of the molecule is COc1ccc(-c2noc(CNC(=O)[C@@H](C)Oc3ccccc3)n2)cc1. The van der Waals surface area contributed by atoms with Gasteiger partial charge in [-0.05, 0) is 43.3 Å². The molecular formula is C19H19N3O4. The Balaban J connectivity index is 1.54. The van der Waals surface area contributed by atoms with E-state index < -0.39 is 6.10 Å². The Morgan fingerprint density at radius 3 is 2.54 bits per heavy atom. The summed E-state index contributed by atoms with van der Waals surface area (Å²) in [7, 11) is 1.60. The van der Waals surface area contributed by atoms with Gasteiger partial charge in [0.05, 0.1) is 13.7 Å². The molecule has 0 spiro atoms. The van der Waals surface area contributed by atoms with Gasteiger partial charge in [0.15, 0.2) is 6.10 Å². The molecule has 1 N–H and O–H groups in total. The molecule has 0 unspecified atom stereocenters. The van der Waals surface area contributed by atoms with E-state index >= 15 is 0 Å². The molecule has 26 heavy (non-hydrogen) atoms. The van der Waals surface area contributed by atoms with Crippen LogP contribution in [0.5, 0.6) is 11.5 Å². The van der Waals surface area contributed by atoms with Crippen LogP contribution in [0.25, 0.3) is 11.4 Å². The summed E-state index contributed by atoms with van der Waals surface area (Å²) in [6.45, 7) is 1.81. The molecule has 0 radical (unpaired) electrons. The molecule has 0 bridgehead atoms. The Labute approximate surface area is 150 Å². The van der Waals surface area contributed by atoms with Crippen LogP contribution in [0.2, 0.25) is 0 Å². The summed E-state index contributed by atoms with van der Waals surface area (Å²) in [6.07, 6.45) is -0.638. The highest BCUT2D eigenvalue weighted by Crippen LogP contribution is 2.19. The van der Waals surface area contributed by atoms with Crippen LogP contribution < -0.4 is 14.8 Å². The zero-order chi connectivity index (χ0) is 18.4. The minimum absolute atomic E-state index is 0.129. The fourth-order valence-electron chi connectivity index (χ4n) is 2.25. The zero-order valence-corrected chi connectivity index (χ0v) is 14.5. The Bertz CT molecular complexity index is 847. The van der Waals surface area contributed by atoms with Crippen LogP contribution in [0.4, 0.5) is 0 Å². The van der Waals surface area contributed by atoms with E-state index in [9.17, 15) is 4.79 Å². The third-order valence-electron chi connectivity index (χ3n) is 3.66. The lowest BCUT2D eigenvalue weighted by atomic mass is 10.2. The Kier molecular flexibility index (Phi) is 5.48. The third-order valence-corrected chi connectivity index (χ3v) is 3.66. The van der Waals surface area contributed by atoms with Crippen LogP contribution >= 0.6 is 0 Å². The van der Waals surface area contributed by atoms with Crippen molar-refractivity contribution < 1.29 is 18.8 Å². The van der Waals surface area contributed by atoms with Crippen LogP contribution in [0.15, 0.2) is 59.1 Å². The van der Waals surface area contributed by atoms with Crippen molar-refractivity contribution in [1.82, 2.24) is 15.5 Å². The summed E-state index contributed by atoms with van der Waals surface area (Å²) in [4.78, 5) is 16.4. The topological polar surface area (TPSA) is 86.5 Å². The van der Waals surface area contributed by atoms with Gasteiger partial charge in [-0.2, -0.15) is 4.98 Å². The number of nitrogens with one attached hydrogen (secondary N) is 1. The molecule has 2 aromatic carbocycles. The normalized spacial score (nSPS) is 11.6. The largest absolute Gasteiger partial charge is 0.497 e. The Morgan fingerprint density at radius 1 is 1.12 bits per heavy atom. The molecule has 1 atom stereocenters. The predicted molar refractivity (Wildman–Crippen MR) is 94.7 cm³/mol. The van der Waals surface area contributed by atoms with Gasteiger partial charge < -0.3 is 19.3 Å². The molecule has 7 heteroatoms. The molecule has 0 aliphatic rings. The first-order chi connectivity index (χ1) is 12.7. The van der Waals surface area contributed by atoms with Gasteiger partial charge in [0.2, 0.25) is 11.7 Å². The van der Waals surface area contributed by atoms with Crippen molar-refractivity contribution in [1.29, 1.82) is 0 Å². The van der Waals surface area contributed by atoms with Crippen molar-refractivity contribution >= 4 is 5.91 Å². The number of benzene rings is 2. The van der Waals surface area contributed by atoms with Gasteiger partial charge in [-0.25, -0.2) is 0 Å². The summed E-state index contributed by atoms with van der Waals surface area (Å²) >= 11 is 0. The van der Waals surface area contributed by atoms with Gasteiger partial charge in [-0.1, -0.05) is 23.4 Å². The maximum Gasteiger partial charge on any atom is 0.261 e. The third kappa shape index (κ3) is 4.38. The summed E-state index contributed by atoms with van der Waals surface area (Å²) in [6, 6.07) is 16.5. The van der Waals surface area contributed by atoms with Gasteiger partial charge in [-0.15, -0.1) is 0 Å². The predicted octanol–water partition coefficient (Wildman–Crippen LogP) is 2.83. The van der Waals surface area contributed by atoms with Crippen LogP contribution in [-0.4, -0.2) is 29.3 Å². The van der Waals surface area contributed by atoms with E-state index in [2.05, 4.69) is 15.5 Å². The minimum Gasteiger partial charge on any atom is -0.497 e. The molecule has 0 fully saturated rings. The van der Waals surface area contributed by atoms with E-state index in [1.54, 1.807) is 26.2 Å². The summed E-state index contributed by atoms with van der Waals surface area (Å²) in [5.41, 5.74) is 0.799. The minimum atomic E-state index is -0.638. The number of ether oxygens (including phenoxy) is 2.